The number of hydrogen-bond acceptors (Lipinski definition) is 7. The van der Waals surface area contributed by atoms with Crippen molar-refractivity contribution in [1.82, 2.24) is 30.1 Å². The Morgan fingerprint density at radius 2 is 1.94 bits per heavy atom. The van der Waals surface area contributed by atoms with E-state index in [0.29, 0.717) is 28.9 Å². The predicted octanol–water partition coefficient (Wildman–Crippen LogP) is 3.48. The number of rotatable bonds is 4. The van der Waals surface area contributed by atoms with Crippen molar-refractivity contribution in [2.45, 2.75) is 26.8 Å². The highest BCUT2D eigenvalue weighted by atomic mass is 32.1. The number of anilines is 1. The van der Waals surface area contributed by atoms with Crippen LogP contribution in [0.5, 0.6) is 0 Å². The summed E-state index contributed by atoms with van der Waals surface area (Å²) in [5.74, 6) is -0.427. The molecule has 3 aromatic heterocycles. The van der Waals surface area contributed by atoms with E-state index in [2.05, 4.69) is 25.6 Å². The Bertz CT molecular complexity index is 1110. The molecule has 0 radical (unpaired) electrons. The van der Waals surface area contributed by atoms with Crippen LogP contribution in [0.4, 0.5) is 15.1 Å². The number of pyridine rings is 1. The summed E-state index contributed by atoms with van der Waals surface area (Å²) >= 11 is 1.39. The molecule has 170 valence electrons. The number of amides is 3. The normalized spacial score (nSPS) is 14.0. The first-order chi connectivity index (χ1) is 15.5. The fourth-order valence-electron chi connectivity index (χ4n) is 3.24. The molecule has 1 unspecified atom stereocenters. The minimum atomic E-state index is -0.430. The fourth-order valence-corrected chi connectivity index (χ4v) is 4.06. The van der Waals surface area contributed by atoms with Gasteiger partial charge < -0.3 is 20.4 Å². The second kappa shape index (κ2) is 10.3. The number of aromatic nitrogens is 3. The minimum absolute atomic E-state index is 0.198. The van der Waals surface area contributed by atoms with E-state index in [1.807, 2.05) is 32.2 Å². The molecule has 1 atom stereocenters. The van der Waals surface area contributed by atoms with E-state index in [1.165, 1.54) is 17.4 Å². The smallest absolute Gasteiger partial charge is 0.318 e. The highest BCUT2D eigenvalue weighted by Gasteiger charge is 2.30. The lowest BCUT2D eigenvalue weighted by Gasteiger charge is -2.19. The molecule has 3 aromatic rings. The molecule has 0 spiro atoms. The van der Waals surface area contributed by atoms with Gasteiger partial charge in [0.05, 0.1) is 29.1 Å². The average Bonchev–Trinajstić information content (AvgIpc) is 3.49. The summed E-state index contributed by atoms with van der Waals surface area (Å²) in [4.78, 5) is 40.9. The fraction of sp³-hybridized carbons (Fsp3) is 0.381. The highest BCUT2D eigenvalue weighted by Crippen LogP contribution is 2.27. The lowest BCUT2D eigenvalue weighted by Crippen LogP contribution is -2.38. The number of fused-ring (bicyclic) bond motifs is 1. The summed E-state index contributed by atoms with van der Waals surface area (Å²) in [7, 11) is 1.56. The Kier molecular flexibility index (Phi) is 7.52. The third-order valence-electron chi connectivity index (χ3n) is 4.85. The molecule has 0 aliphatic carbocycles. The van der Waals surface area contributed by atoms with E-state index in [0.717, 1.165) is 6.20 Å². The predicted molar refractivity (Wildman–Crippen MR) is 122 cm³/mol. The molecule has 1 aliphatic rings. The van der Waals surface area contributed by atoms with Crippen molar-refractivity contribution in [2.24, 2.45) is 0 Å². The summed E-state index contributed by atoms with van der Waals surface area (Å²) in [6.45, 7) is 6.92. The van der Waals surface area contributed by atoms with Crippen molar-refractivity contribution in [3.63, 3.8) is 0 Å². The van der Waals surface area contributed by atoms with Gasteiger partial charge in [-0.25, -0.2) is 19.2 Å². The van der Waals surface area contributed by atoms with Crippen LogP contribution in [-0.2, 0) is 0 Å². The molecule has 4 heterocycles. The summed E-state index contributed by atoms with van der Waals surface area (Å²) in [6, 6.07) is 2.66. The maximum absolute atomic E-state index is 13.5. The molecule has 1 saturated heterocycles. The van der Waals surface area contributed by atoms with Crippen LogP contribution >= 0.6 is 11.3 Å². The van der Waals surface area contributed by atoms with Gasteiger partial charge in [0, 0.05) is 26.3 Å². The highest BCUT2D eigenvalue weighted by molar-refractivity contribution is 7.17. The van der Waals surface area contributed by atoms with Crippen molar-refractivity contribution >= 4 is 39.4 Å². The van der Waals surface area contributed by atoms with Crippen molar-refractivity contribution in [3.8, 4) is 0 Å². The van der Waals surface area contributed by atoms with Crippen LogP contribution in [0.1, 0.15) is 42.9 Å². The van der Waals surface area contributed by atoms with E-state index < -0.39 is 5.82 Å². The zero-order valence-corrected chi connectivity index (χ0v) is 19.2. The zero-order chi connectivity index (χ0) is 23.3. The topological polar surface area (TPSA) is 103 Å². The van der Waals surface area contributed by atoms with Crippen LogP contribution in [0, 0.1) is 5.82 Å². The van der Waals surface area contributed by atoms with Crippen LogP contribution in [0.15, 0.2) is 29.9 Å². The van der Waals surface area contributed by atoms with Gasteiger partial charge in [0.1, 0.15) is 5.82 Å². The standard InChI is InChI=1S/C19H20FN7O2S.C2H6/c1-11(12-7-13(20)9-22-8-12)23-18-24-14-3-6-30-16(14)15(25-18)17(28)26-4-5-27(10-26)19(29)21-2;1-2/h3,6-9,11H,4-5,10H2,1-2H3,(H,21,29)(H,23,24,25);1-2H3. The van der Waals surface area contributed by atoms with E-state index in [1.54, 1.807) is 23.0 Å². The number of nitrogens with zero attached hydrogens (tertiary/aromatic N) is 5. The van der Waals surface area contributed by atoms with Gasteiger partial charge in [-0.05, 0) is 30.0 Å². The third-order valence-corrected chi connectivity index (χ3v) is 5.76. The van der Waals surface area contributed by atoms with E-state index in [-0.39, 0.29) is 36.3 Å². The summed E-state index contributed by atoms with van der Waals surface area (Å²) < 4.78 is 14.2. The van der Waals surface area contributed by atoms with Crippen molar-refractivity contribution in [1.29, 1.82) is 0 Å². The Balaban J connectivity index is 0.00000141. The van der Waals surface area contributed by atoms with E-state index in [4.69, 9.17) is 0 Å². The van der Waals surface area contributed by atoms with Crippen molar-refractivity contribution in [2.75, 3.05) is 32.1 Å². The molecule has 0 saturated carbocycles. The first-order valence-electron chi connectivity index (χ1n) is 10.3. The summed E-state index contributed by atoms with van der Waals surface area (Å²) in [5, 5.41) is 7.53. The molecule has 4 rings (SSSR count). The lowest BCUT2D eigenvalue weighted by molar-refractivity contribution is 0.0770. The van der Waals surface area contributed by atoms with Gasteiger partial charge in [-0.1, -0.05) is 13.8 Å². The van der Waals surface area contributed by atoms with Gasteiger partial charge in [0.25, 0.3) is 5.91 Å². The molecule has 32 heavy (non-hydrogen) atoms. The molecule has 9 nitrogen and oxygen atoms in total. The number of halogens is 1. The molecule has 0 aromatic carbocycles. The maximum atomic E-state index is 13.5. The molecule has 1 aliphatic heterocycles. The number of urea groups is 1. The quantitative estimate of drug-likeness (QED) is 0.619. The third kappa shape index (κ3) is 4.93. The van der Waals surface area contributed by atoms with Gasteiger partial charge in [-0.2, -0.15) is 0 Å². The first-order valence-corrected chi connectivity index (χ1v) is 11.2. The Morgan fingerprint density at radius 1 is 1.19 bits per heavy atom. The second-order valence-corrected chi connectivity index (χ2v) is 7.78. The summed E-state index contributed by atoms with van der Waals surface area (Å²) in [6.07, 6.45) is 2.70. The van der Waals surface area contributed by atoms with Gasteiger partial charge >= 0.3 is 6.03 Å². The van der Waals surface area contributed by atoms with Crippen LogP contribution in [-0.4, -0.2) is 63.5 Å². The number of carbonyl (C=O) groups is 2. The number of thiophene rings is 1. The van der Waals surface area contributed by atoms with Gasteiger partial charge in [-0.3, -0.25) is 9.78 Å². The van der Waals surface area contributed by atoms with Crippen molar-refractivity contribution < 1.29 is 14.0 Å². The minimum Gasteiger partial charge on any atom is -0.348 e. The monoisotopic (exact) mass is 459 g/mol. The maximum Gasteiger partial charge on any atom is 0.318 e. The number of carbonyl (C=O) groups excluding carboxylic acids is 2. The van der Waals surface area contributed by atoms with Gasteiger partial charge in [-0.15, -0.1) is 11.3 Å². The second-order valence-electron chi connectivity index (χ2n) is 6.86. The molecular weight excluding hydrogens is 433 g/mol. The van der Waals surface area contributed by atoms with Crippen LogP contribution in [0.3, 0.4) is 0 Å². The molecule has 1 fully saturated rings. The Labute approximate surface area is 189 Å². The zero-order valence-electron chi connectivity index (χ0n) is 18.4. The van der Waals surface area contributed by atoms with E-state index >= 15 is 0 Å². The largest absolute Gasteiger partial charge is 0.348 e. The SMILES string of the molecule is CC.CNC(=O)N1CCN(C(=O)c2nc(NC(C)c3cncc(F)c3)nc3ccsc23)C1. The summed E-state index contributed by atoms with van der Waals surface area (Å²) in [5.41, 5.74) is 1.56. The molecule has 3 amide bonds. The average molecular weight is 460 g/mol. The van der Waals surface area contributed by atoms with Crippen molar-refractivity contribution in [3.05, 3.63) is 47.0 Å². The van der Waals surface area contributed by atoms with E-state index in [9.17, 15) is 14.0 Å². The lowest BCUT2D eigenvalue weighted by atomic mass is 10.1. The molecule has 11 heteroatoms. The molecule has 0 bridgehead atoms. The molecule has 2 N–H and O–H groups in total. The first kappa shape index (κ1) is 23.3. The van der Waals surface area contributed by atoms with Gasteiger partial charge in [0.15, 0.2) is 5.69 Å². The van der Waals surface area contributed by atoms with Crippen LogP contribution in [0.25, 0.3) is 10.2 Å². The Hall–Kier alpha value is -3.34. The Morgan fingerprint density at radius 3 is 2.66 bits per heavy atom. The van der Waals surface area contributed by atoms with Crippen LogP contribution in [0.2, 0.25) is 0 Å². The number of hydrogen-bond donors (Lipinski definition) is 2. The number of nitrogens with one attached hydrogen (secondary N) is 2. The van der Waals surface area contributed by atoms with Crippen LogP contribution < -0.4 is 10.6 Å². The van der Waals surface area contributed by atoms with Gasteiger partial charge in [0.2, 0.25) is 5.95 Å². The molecular formula is C21H26FN7O2S.